The van der Waals surface area contributed by atoms with Crippen molar-refractivity contribution in [3.63, 3.8) is 0 Å². The molecule has 0 aliphatic carbocycles. The van der Waals surface area contributed by atoms with E-state index in [0.29, 0.717) is 6.04 Å². The van der Waals surface area contributed by atoms with Crippen molar-refractivity contribution in [2.24, 2.45) is 0 Å². The molecular formula is C19H30N2O4. The fourth-order valence-electron chi connectivity index (χ4n) is 3.89. The Morgan fingerprint density at radius 1 is 1.28 bits per heavy atom. The summed E-state index contributed by atoms with van der Waals surface area (Å²) in [6.07, 6.45) is 3.51. The normalized spacial score (nSPS) is 16.5. The number of carbonyl (C=O) groups is 1. The van der Waals surface area contributed by atoms with Gasteiger partial charge in [-0.2, -0.15) is 0 Å². The molecule has 1 aromatic carbocycles. The Morgan fingerprint density at radius 2 is 1.92 bits per heavy atom. The molecule has 6 nitrogen and oxygen atoms in total. The van der Waals surface area contributed by atoms with Gasteiger partial charge >= 0.3 is 5.97 Å². The van der Waals surface area contributed by atoms with Crippen molar-refractivity contribution in [3.05, 3.63) is 23.8 Å². The predicted octanol–water partition coefficient (Wildman–Crippen LogP) is 2.33. The Balaban J connectivity index is 2.55. The van der Waals surface area contributed by atoms with Crippen LogP contribution in [0.4, 0.5) is 11.4 Å². The molecule has 0 saturated carbocycles. The van der Waals surface area contributed by atoms with Crippen molar-refractivity contribution < 1.29 is 20.1 Å². The highest BCUT2D eigenvalue weighted by Gasteiger charge is 2.41. The van der Waals surface area contributed by atoms with Gasteiger partial charge in [-0.3, -0.25) is 0 Å². The zero-order valence-corrected chi connectivity index (χ0v) is 15.4. The number of anilines is 2. The van der Waals surface area contributed by atoms with Gasteiger partial charge in [0.2, 0.25) is 0 Å². The Morgan fingerprint density at radius 3 is 2.44 bits per heavy atom. The second kappa shape index (κ2) is 8.06. The number of hydrogen-bond acceptors (Lipinski definition) is 5. The van der Waals surface area contributed by atoms with Crippen LogP contribution < -0.4 is 9.80 Å². The molecule has 3 N–H and O–H groups in total. The van der Waals surface area contributed by atoms with Gasteiger partial charge in [-0.15, -0.1) is 0 Å². The van der Waals surface area contributed by atoms with Crippen LogP contribution in [0.2, 0.25) is 0 Å². The summed E-state index contributed by atoms with van der Waals surface area (Å²) >= 11 is 0. The quantitative estimate of drug-likeness (QED) is 0.667. The van der Waals surface area contributed by atoms with Crippen molar-refractivity contribution in [3.8, 4) is 0 Å². The van der Waals surface area contributed by atoms with Gasteiger partial charge < -0.3 is 25.1 Å². The van der Waals surface area contributed by atoms with Gasteiger partial charge in [0.15, 0.2) is 0 Å². The average Bonchev–Trinajstić information content (AvgIpc) is 3.06. The molecule has 0 aromatic heterocycles. The number of aromatic carboxylic acids is 1. The number of benzene rings is 1. The minimum atomic E-state index is -0.956. The summed E-state index contributed by atoms with van der Waals surface area (Å²) in [4.78, 5) is 15.6. The van der Waals surface area contributed by atoms with E-state index in [1.54, 1.807) is 12.1 Å². The van der Waals surface area contributed by atoms with Crippen LogP contribution in [-0.4, -0.2) is 59.7 Å². The van der Waals surface area contributed by atoms with E-state index in [2.05, 4.69) is 18.7 Å². The standard InChI is InChI=1S/C19H30N2O4/c1-4-15(5-2)20(3)17-11-14(18(24)25)7-8-16(17)21-10-6-9-19(21,12-22)13-23/h7-8,11,15,22-23H,4-6,9-10,12-13H2,1-3H3,(H,24,25). The maximum absolute atomic E-state index is 11.4. The zero-order chi connectivity index (χ0) is 18.6. The summed E-state index contributed by atoms with van der Waals surface area (Å²) in [5, 5.41) is 29.2. The van der Waals surface area contributed by atoms with E-state index in [1.807, 2.05) is 18.0 Å². The van der Waals surface area contributed by atoms with Crippen molar-refractivity contribution >= 4 is 17.3 Å². The monoisotopic (exact) mass is 350 g/mol. The Hall–Kier alpha value is -1.79. The van der Waals surface area contributed by atoms with E-state index in [4.69, 9.17) is 0 Å². The average molecular weight is 350 g/mol. The lowest BCUT2D eigenvalue weighted by Gasteiger charge is -2.40. The van der Waals surface area contributed by atoms with Crippen LogP contribution in [0.15, 0.2) is 18.2 Å². The number of aliphatic hydroxyl groups excluding tert-OH is 2. The van der Waals surface area contributed by atoms with Crippen LogP contribution in [0.3, 0.4) is 0 Å². The van der Waals surface area contributed by atoms with Crippen LogP contribution in [0.1, 0.15) is 49.9 Å². The predicted molar refractivity (Wildman–Crippen MR) is 99.7 cm³/mol. The summed E-state index contributed by atoms with van der Waals surface area (Å²) < 4.78 is 0. The molecule has 6 heteroatoms. The van der Waals surface area contributed by atoms with E-state index in [9.17, 15) is 20.1 Å². The SMILES string of the molecule is CCC(CC)N(C)c1cc(C(=O)O)ccc1N1CCCC1(CO)CO. The van der Waals surface area contributed by atoms with Crippen molar-refractivity contribution in [1.82, 2.24) is 0 Å². The lowest BCUT2D eigenvalue weighted by Crippen LogP contribution is -2.51. The number of hydrogen-bond donors (Lipinski definition) is 3. The third kappa shape index (κ3) is 3.60. The number of carboxylic acids is 1. The molecule has 1 aromatic rings. The van der Waals surface area contributed by atoms with E-state index >= 15 is 0 Å². The highest BCUT2D eigenvalue weighted by Crippen LogP contribution is 2.40. The minimum absolute atomic E-state index is 0.127. The second-order valence-corrected chi connectivity index (χ2v) is 6.89. The van der Waals surface area contributed by atoms with E-state index in [-0.39, 0.29) is 18.8 Å². The molecule has 1 fully saturated rings. The summed E-state index contributed by atoms with van der Waals surface area (Å²) in [6, 6.07) is 5.40. The van der Waals surface area contributed by atoms with Crippen LogP contribution in [0, 0.1) is 0 Å². The molecule has 0 radical (unpaired) electrons. The molecule has 2 rings (SSSR count). The molecule has 0 unspecified atom stereocenters. The first kappa shape index (κ1) is 19.5. The molecule has 140 valence electrons. The van der Waals surface area contributed by atoms with Crippen LogP contribution >= 0.6 is 0 Å². The summed E-state index contributed by atoms with van der Waals surface area (Å²) in [5.41, 5.74) is 1.27. The maximum atomic E-state index is 11.4. The number of carboxylic acid groups (broad SMARTS) is 1. The fourth-order valence-corrected chi connectivity index (χ4v) is 3.89. The van der Waals surface area contributed by atoms with Gasteiger partial charge in [0.1, 0.15) is 0 Å². The summed E-state index contributed by atoms with van der Waals surface area (Å²) in [5.74, 6) is -0.956. The minimum Gasteiger partial charge on any atom is -0.478 e. The molecule has 0 amide bonds. The van der Waals surface area contributed by atoms with Crippen molar-refractivity contribution in [2.45, 2.75) is 51.1 Å². The molecule has 0 bridgehead atoms. The highest BCUT2D eigenvalue weighted by atomic mass is 16.4. The maximum Gasteiger partial charge on any atom is 0.335 e. The van der Waals surface area contributed by atoms with Crippen LogP contribution in [-0.2, 0) is 0 Å². The molecule has 0 spiro atoms. The van der Waals surface area contributed by atoms with Crippen LogP contribution in [0.25, 0.3) is 0 Å². The summed E-state index contributed by atoms with van der Waals surface area (Å²) in [6.45, 7) is 4.72. The van der Waals surface area contributed by atoms with Gasteiger partial charge in [0.05, 0.1) is 35.7 Å². The number of rotatable bonds is 8. The lowest BCUT2D eigenvalue weighted by molar-refractivity contribution is 0.0697. The first-order valence-electron chi connectivity index (χ1n) is 9.03. The highest BCUT2D eigenvalue weighted by molar-refractivity contribution is 5.91. The van der Waals surface area contributed by atoms with Crippen LogP contribution in [0.5, 0.6) is 0 Å². The lowest BCUT2D eigenvalue weighted by atomic mass is 9.97. The fraction of sp³-hybridized carbons (Fsp3) is 0.632. The van der Waals surface area contributed by atoms with Gasteiger partial charge in [0, 0.05) is 19.6 Å². The molecule has 1 aliphatic heterocycles. The molecule has 1 saturated heterocycles. The Kier molecular flexibility index (Phi) is 6.30. The first-order chi connectivity index (χ1) is 11.9. The zero-order valence-electron chi connectivity index (χ0n) is 15.4. The molecule has 1 aliphatic rings. The van der Waals surface area contributed by atoms with E-state index in [1.165, 1.54) is 0 Å². The topological polar surface area (TPSA) is 84.2 Å². The van der Waals surface area contributed by atoms with Gasteiger partial charge in [-0.1, -0.05) is 13.8 Å². The second-order valence-electron chi connectivity index (χ2n) is 6.89. The third-order valence-electron chi connectivity index (χ3n) is 5.57. The number of nitrogens with zero attached hydrogens (tertiary/aromatic N) is 2. The van der Waals surface area contributed by atoms with Gasteiger partial charge in [0.25, 0.3) is 0 Å². The van der Waals surface area contributed by atoms with Crippen molar-refractivity contribution in [2.75, 3.05) is 36.6 Å². The first-order valence-corrected chi connectivity index (χ1v) is 9.03. The van der Waals surface area contributed by atoms with Gasteiger partial charge in [-0.05, 0) is 43.9 Å². The molecule has 25 heavy (non-hydrogen) atoms. The summed E-state index contributed by atoms with van der Waals surface area (Å²) in [7, 11) is 1.98. The Labute approximate surface area is 149 Å². The van der Waals surface area contributed by atoms with Crippen molar-refractivity contribution in [1.29, 1.82) is 0 Å². The Bertz CT molecular complexity index is 597. The smallest absolute Gasteiger partial charge is 0.335 e. The molecule has 0 atom stereocenters. The molecular weight excluding hydrogens is 320 g/mol. The molecule has 1 heterocycles. The number of aliphatic hydroxyl groups is 2. The largest absolute Gasteiger partial charge is 0.478 e. The van der Waals surface area contributed by atoms with Gasteiger partial charge in [-0.25, -0.2) is 4.79 Å². The third-order valence-corrected chi connectivity index (χ3v) is 5.57. The van der Waals surface area contributed by atoms with E-state index in [0.717, 1.165) is 43.6 Å². The van der Waals surface area contributed by atoms with E-state index < -0.39 is 11.5 Å².